The molecular weight excluding hydrogens is 362 g/mol. The number of carbonyl (C=O) groups excluding carboxylic acids is 3. The largest absolute Gasteiger partial charge is 0.453 e. The number of thiophene rings is 1. The first-order valence-electron chi connectivity index (χ1n) is 9.03. The predicted molar refractivity (Wildman–Crippen MR) is 106 cm³/mol. The SMILES string of the molecule is CCc1cc(C(=O)OCC(=O)c2ccc(CCCNC(C)=O)cc2)sc1C. The third kappa shape index (κ3) is 6.32. The zero-order valence-corrected chi connectivity index (χ0v) is 16.8. The van der Waals surface area contributed by atoms with Crippen LogP contribution in [0, 0.1) is 6.92 Å². The average molecular weight is 388 g/mol. The van der Waals surface area contributed by atoms with E-state index in [4.69, 9.17) is 4.74 Å². The molecule has 2 aromatic rings. The third-order valence-electron chi connectivity index (χ3n) is 4.23. The summed E-state index contributed by atoms with van der Waals surface area (Å²) in [5.41, 5.74) is 2.74. The Labute approximate surface area is 163 Å². The third-order valence-corrected chi connectivity index (χ3v) is 5.30. The van der Waals surface area contributed by atoms with Gasteiger partial charge in [-0.25, -0.2) is 4.79 Å². The summed E-state index contributed by atoms with van der Waals surface area (Å²) >= 11 is 1.40. The Morgan fingerprint density at radius 1 is 1.15 bits per heavy atom. The Morgan fingerprint density at radius 3 is 2.44 bits per heavy atom. The van der Waals surface area contributed by atoms with Crippen molar-refractivity contribution in [3.8, 4) is 0 Å². The molecule has 1 aromatic heterocycles. The zero-order valence-electron chi connectivity index (χ0n) is 16.0. The molecule has 1 amide bonds. The van der Waals surface area contributed by atoms with Gasteiger partial charge in [-0.3, -0.25) is 9.59 Å². The van der Waals surface area contributed by atoms with Gasteiger partial charge >= 0.3 is 5.97 Å². The summed E-state index contributed by atoms with van der Waals surface area (Å²) in [6.07, 6.45) is 2.53. The molecule has 0 saturated carbocycles. The smallest absolute Gasteiger partial charge is 0.348 e. The summed E-state index contributed by atoms with van der Waals surface area (Å²) in [4.78, 5) is 36.8. The molecule has 6 heteroatoms. The van der Waals surface area contributed by atoms with Crippen LogP contribution in [0.15, 0.2) is 30.3 Å². The predicted octanol–water partition coefficient (Wildman–Crippen LogP) is 3.73. The molecule has 0 bridgehead atoms. The van der Waals surface area contributed by atoms with Gasteiger partial charge in [0.15, 0.2) is 12.4 Å². The Morgan fingerprint density at radius 2 is 1.85 bits per heavy atom. The molecule has 0 fully saturated rings. The van der Waals surface area contributed by atoms with Crippen molar-refractivity contribution in [2.24, 2.45) is 0 Å². The van der Waals surface area contributed by atoms with E-state index in [1.165, 1.54) is 18.3 Å². The first-order valence-corrected chi connectivity index (χ1v) is 9.85. The lowest BCUT2D eigenvalue weighted by Crippen LogP contribution is -2.21. The number of carbonyl (C=O) groups is 3. The number of amides is 1. The minimum Gasteiger partial charge on any atom is -0.453 e. The number of ketones is 1. The molecule has 0 aliphatic carbocycles. The van der Waals surface area contributed by atoms with Gasteiger partial charge in [-0.05, 0) is 43.4 Å². The number of benzene rings is 1. The fourth-order valence-corrected chi connectivity index (χ4v) is 3.68. The highest BCUT2D eigenvalue weighted by molar-refractivity contribution is 7.14. The van der Waals surface area contributed by atoms with Crippen LogP contribution in [-0.2, 0) is 22.4 Å². The van der Waals surface area contributed by atoms with Crippen molar-refractivity contribution < 1.29 is 19.1 Å². The van der Waals surface area contributed by atoms with Gasteiger partial charge in [-0.1, -0.05) is 31.2 Å². The van der Waals surface area contributed by atoms with Gasteiger partial charge in [0, 0.05) is 23.9 Å². The molecule has 0 aliphatic rings. The minimum atomic E-state index is -0.453. The molecule has 0 aliphatic heterocycles. The molecule has 144 valence electrons. The Kier molecular flexibility index (Phi) is 7.73. The molecular formula is C21H25NO4S. The van der Waals surface area contributed by atoms with Gasteiger partial charge in [-0.15, -0.1) is 11.3 Å². The molecule has 0 atom stereocenters. The highest BCUT2D eigenvalue weighted by Crippen LogP contribution is 2.22. The van der Waals surface area contributed by atoms with Crippen molar-refractivity contribution in [3.05, 3.63) is 56.8 Å². The number of Topliss-reactive ketones (excluding diaryl/α,β-unsaturated/α-hetero) is 1. The van der Waals surface area contributed by atoms with E-state index >= 15 is 0 Å². The Balaban J connectivity index is 1.82. The number of rotatable bonds is 9. The summed E-state index contributed by atoms with van der Waals surface area (Å²) in [5, 5.41) is 2.75. The standard InChI is InChI=1S/C21H25NO4S/c1-4-17-12-20(27-14(17)2)21(25)26-13-19(24)18-9-7-16(8-10-18)6-5-11-22-15(3)23/h7-10,12H,4-6,11,13H2,1-3H3,(H,22,23). The average Bonchev–Trinajstić information content (AvgIpc) is 3.04. The number of hydrogen-bond donors (Lipinski definition) is 1. The Bertz CT molecular complexity index is 808. The van der Waals surface area contributed by atoms with E-state index < -0.39 is 5.97 Å². The summed E-state index contributed by atoms with van der Waals surface area (Å²) in [5.74, 6) is -0.711. The number of hydrogen-bond acceptors (Lipinski definition) is 5. The highest BCUT2D eigenvalue weighted by atomic mass is 32.1. The van der Waals surface area contributed by atoms with Gasteiger partial charge in [-0.2, -0.15) is 0 Å². The topological polar surface area (TPSA) is 72.5 Å². The molecule has 27 heavy (non-hydrogen) atoms. The molecule has 0 saturated heterocycles. The second-order valence-corrected chi connectivity index (χ2v) is 7.58. The maximum Gasteiger partial charge on any atom is 0.348 e. The highest BCUT2D eigenvalue weighted by Gasteiger charge is 2.15. The van der Waals surface area contributed by atoms with Crippen molar-refractivity contribution in [1.82, 2.24) is 5.32 Å². The van der Waals surface area contributed by atoms with Crippen LogP contribution in [0.3, 0.4) is 0 Å². The molecule has 0 unspecified atom stereocenters. The fourth-order valence-electron chi connectivity index (χ4n) is 2.67. The summed E-state index contributed by atoms with van der Waals surface area (Å²) in [6.45, 7) is 5.88. The summed E-state index contributed by atoms with van der Waals surface area (Å²) in [6, 6.07) is 9.10. The van der Waals surface area contributed by atoms with Crippen molar-refractivity contribution in [1.29, 1.82) is 0 Å². The molecule has 1 N–H and O–H groups in total. The molecule has 0 radical (unpaired) electrons. The lowest BCUT2D eigenvalue weighted by molar-refractivity contribution is -0.118. The fraction of sp³-hybridized carbons (Fsp3) is 0.381. The van der Waals surface area contributed by atoms with Gasteiger partial charge in [0.05, 0.1) is 0 Å². The first kappa shape index (κ1) is 20.8. The minimum absolute atomic E-state index is 0.0332. The van der Waals surface area contributed by atoms with Gasteiger partial charge < -0.3 is 10.1 Å². The van der Waals surface area contributed by atoms with E-state index in [0.29, 0.717) is 17.0 Å². The van der Waals surface area contributed by atoms with Crippen LogP contribution < -0.4 is 5.32 Å². The Hall–Kier alpha value is -2.47. The van der Waals surface area contributed by atoms with Crippen molar-refractivity contribution in [2.75, 3.05) is 13.2 Å². The van der Waals surface area contributed by atoms with E-state index in [9.17, 15) is 14.4 Å². The van der Waals surface area contributed by atoms with E-state index in [1.807, 2.05) is 32.0 Å². The van der Waals surface area contributed by atoms with Gasteiger partial charge in [0.1, 0.15) is 4.88 Å². The van der Waals surface area contributed by atoms with Crippen LogP contribution in [0.2, 0.25) is 0 Å². The lowest BCUT2D eigenvalue weighted by Gasteiger charge is -2.05. The van der Waals surface area contributed by atoms with E-state index in [1.54, 1.807) is 12.1 Å². The van der Waals surface area contributed by atoms with Crippen molar-refractivity contribution in [3.63, 3.8) is 0 Å². The van der Waals surface area contributed by atoms with Crippen molar-refractivity contribution >= 4 is 29.0 Å². The van der Waals surface area contributed by atoms with Crippen LogP contribution in [0.1, 0.15) is 56.3 Å². The van der Waals surface area contributed by atoms with Crippen LogP contribution in [-0.4, -0.2) is 30.8 Å². The second kappa shape index (κ2) is 10.0. The number of aryl methyl sites for hydroxylation is 3. The normalized spacial score (nSPS) is 10.5. The first-order chi connectivity index (χ1) is 12.9. The van der Waals surface area contributed by atoms with Crippen molar-refractivity contribution in [2.45, 2.75) is 40.0 Å². The van der Waals surface area contributed by atoms with Gasteiger partial charge in [0.2, 0.25) is 5.91 Å². The monoisotopic (exact) mass is 387 g/mol. The number of ether oxygens (including phenoxy) is 1. The quantitative estimate of drug-likeness (QED) is 0.404. The maximum atomic E-state index is 12.2. The van der Waals surface area contributed by atoms with Crippen LogP contribution in [0.25, 0.3) is 0 Å². The van der Waals surface area contributed by atoms with Gasteiger partial charge in [0.25, 0.3) is 0 Å². The molecule has 2 rings (SSSR count). The molecule has 0 spiro atoms. The van der Waals surface area contributed by atoms with Crippen LogP contribution in [0.4, 0.5) is 0 Å². The maximum absolute atomic E-state index is 12.2. The molecule has 5 nitrogen and oxygen atoms in total. The second-order valence-electron chi connectivity index (χ2n) is 6.33. The lowest BCUT2D eigenvalue weighted by atomic mass is 10.1. The van der Waals surface area contributed by atoms with Crippen LogP contribution in [0.5, 0.6) is 0 Å². The van der Waals surface area contributed by atoms with E-state index in [2.05, 4.69) is 5.32 Å². The molecule has 1 heterocycles. The summed E-state index contributed by atoms with van der Waals surface area (Å²) in [7, 11) is 0. The summed E-state index contributed by atoms with van der Waals surface area (Å²) < 4.78 is 5.17. The number of esters is 1. The van der Waals surface area contributed by atoms with E-state index in [-0.39, 0.29) is 18.3 Å². The zero-order chi connectivity index (χ0) is 19.8. The number of nitrogens with one attached hydrogen (secondary N) is 1. The van der Waals surface area contributed by atoms with Crippen LogP contribution >= 0.6 is 11.3 Å². The van der Waals surface area contributed by atoms with E-state index in [0.717, 1.165) is 35.3 Å². The molecule has 1 aromatic carbocycles.